The number of anilines is 2. The summed E-state index contributed by atoms with van der Waals surface area (Å²) in [5, 5.41) is 4.30. The number of fused-ring (bicyclic) bond motifs is 1. The van der Waals surface area contributed by atoms with E-state index in [9.17, 15) is 13.2 Å². The molecule has 0 bridgehead atoms. The first-order chi connectivity index (χ1) is 12.8. The van der Waals surface area contributed by atoms with Crippen LogP contribution in [-0.2, 0) is 9.84 Å². The van der Waals surface area contributed by atoms with Crippen LogP contribution in [0.3, 0.4) is 0 Å². The minimum atomic E-state index is -3.43. The summed E-state index contributed by atoms with van der Waals surface area (Å²) >= 11 is 4.31. The van der Waals surface area contributed by atoms with Gasteiger partial charge in [0.25, 0.3) is 0 Å². The van der Waals surface area contributed by atoms with Gasteiger partial charge >= 0.3 is 6.03 Å². The van der Waals surface area contributed by atoms with E-state index < -0.39 is 15.9 Å². The van der Waals surface area contributed by atoms with E-state index in [1.54, 1.807) is 30.6 Å². The number of hydrogen-bond acceptors (Lipinski definition) is 6. The van der Waals surface area contributed by atoms with Crippen LogP contribution in [0.25, 0.3) is 10.8 Å². The molecule has 0 aliphatic carbocycles. The van der Waals surface area contributed by atoms with E-state index in [0.717, 1.165) is 21.3 Å². The standard InChI is InChI=1S/C18H17N3O4S2/c1-25-17-7-6-13(27(2,23)24)10-15(17)20-18(22)21(26)16-5-3-4-12-11-19-9-8-14(12)16/h3-11,26H,1-2H3,(H,20,22). The lowest BCUT2D eigenvalue weighted by Gasteiger charge is -2.19. The van der Waals surface area contributed by atoms with Crippen LogP contribution < -0.4 is 14.4 Å². The second-order valence-electron chi connectivity index (χ2n) is 5.75. The van der Waals surface area contributed by atoms with E-state index in [4.69, 9.17) is 4.74 Å². The molecule has 0 fully saturated rings. The van der Waals surface area contributed by atoms with Gasteiger partial charge in [0.2, 0.25) is 0 Å². The molecule has 1 heterocycles. The Morgan fingerprint density at radius 3 is 2.70 bits per heavy atom. The largest absolute Gasteiger partial charge is 0.495 e. The predicted molar refractivity (Wildman–Crippen MR) is 108 cm³/mol. The zero-order chi connectivity index (χ0) is 19.6. The zero-order valence-electron chi connectivity index (χ0n) is 14.6. The minimum absolute atomic E-state index is 0.0700. The third-order valence-corrected chi connectivity index (χ3v) is 5.43. The van der Waals surface area contributed by atoms with Crippen molar-refractivity contribution in [3.8, 4) is 5.75 Å². The molecule has 27 heavy (non-hydrogen) atoms. The molecule has 0 atom stereocenters. The van der Waals surface area contributed by atoms with Gasteiger partial charge in [-0.3, -0.25) is 4.98 Å². The van der Waals surface area contributed by atoms with E-state index in [2.05, 4.69) is 23.1 Å². The number of pyridine rings is 1. The first-order valence-corrected chi connectivity index (χ1v) is 10.1. The van der Waals surface area contributed by atoms with Crippen LogP contribution in [-0.4, -0.2) is 32.8 Å². The molecule has 2 aromatic carbocycles. The molecule has 2 amide bonds. The van der Waals surface area contributed by atoms with Crippen molar-refractivity contribution in [2.45, 2.75) is 4.90 Å². The Bertz CT molecular complexity index is 1110. The molecule has 0 aliphatic rings. The number of nitrogens with one attached hydrogen (secondary N) is 1. The number of rotatable bonds is 4. The van der Waals surface area contributed by atoms with Crippen LogP contribution in [0.5, 0.6) is 5.75 Å². The number of methoxy groups -OCH3 is 1. The Hall–Kier alpha value is -2.78. The number of urea groups is 1. The number of aromatic nitrogens is 1. The van der Waals surface area contributed by atoms with Crippen LogP contribution in [0, 0.1) is 0 Å². The number of benzene rings is 2. The molecule has 3 aromatic rings. The topological polar surface area (TPSA) is 88.6 Å². The Labute approximate surface area is 162 Å². The molecule has 1 aromatic heterocycles. The quantitative estimate of drug-likeness (QED) is 0.651. The molecule has 0 radical (unpaired) electrons. The molecular weight excluding hydrogens is 386 g/mol. The van der Waals surface area contributed by atoms with E-state index in [-0.39, 0.29) is 10.6 Å². The average molecular weight is 403 g/mol. The molecule has 140 valence electrons. The normalized spacial score (nSPS) is 11.2. The van der Waals surface area contributed by atoms with Crippen LogP contribution >= 0.6 is 12.8 Å². The van der Waals surface area contributed by atoms with Gasteiger partial charge in [0.15, 0.2) is 9.84 Å². The van der Waals surface area contributed by atoms with Gasteiger partial charge in [-0.15, -0.1) is 0 Å². The van der Waals surface area contributed by atoms with Crippen molar-refractivity contribution in [1.82, 2.24) is 4.98 Å². The molecule has 9 heteroatoms. The monoisotopic (exact) mass is 403 g/mol. The maximum absolute atomic E-state index is 12.7. The number of carbonyl (C=O) groups excluding carboxylic acids is 1. The smallest absolute Gasteiger partial charge is 0.336 e. The summed E-state index contributed by atoms with van der Waals surface area (Å²) in [7, 11) is -2.00. The Balaban J connectivity index is 1.95. The first kappa shape index (κ1) is 19.0. The summed E-state index contributed by atoms with van der Waals surface area (Å²) in [4.78, 5) is 16.8. The van der Waals surface area contributed by atoms with Gasteiger partial charge in [0.05, 0.1) is 23.4 Å². The molecule has 1 N–H and O–H groups in total. The number of ether oxygens (including phenoxy) is 1. The second kappa shape index (κ2) is 7.45. The molecule has 0 spiro atoms. The summed E-state index contributed by atoms with van der Waals surface area (Å²) in [5.74, 6) is 0.333. The fraction of sp³-hybridized carbons (Fsp3) is 0.111. The molecule has 0 aliphatic heterocycles. The molecule has 7 nitrogen and oxygen atoms in total. The maximum atomic E-state index is 12.7. The Morgan fingerprint density at radius 1 is 1.22 bits per heavy atom. The van der Waals surface area contributed by atoms with Crippen molar-refractivity contribution in [2.75, 3.05) is 23.0 Å². The minimum Gasteiger partial charge on any atom is -0.495 e. The third-order valence-electron chi connectivity index (χ3n) is 3.92. The zero-order valence-corrected chi connectivity index (χ0v) is 16.3. The Kier molecular flexibility index (Phi) is 5.24. The number of hydrogen-bond donors (Lipinski definition) is 2. The van der Waals surface area contributed by atoms with E-state index in [1.807, 2.05) is 6.07 Å². The number of carbonyl (C=O) groups is 1. The summed E-state index contributed by atoms with van der Waals surface area (Å²) < 4.78 is 29.9. The van der Waals surface area contributed by atoms with Crippen LogP contribution in [0.2, 0.25) is 0 Å². The molecule has 0 unspecified atom stereocenters. The fourth-order valence-electron chi connectivity index (χ4n) is 2.58. The van der Waals surface area contributed by atoms with Crippen LogP contribution in [0.1, 0.15) is 0 Å². The number of nitrogens with zero attached hydrogens (tertiary/aromatic N) is 2. The van der Waals surface area contributed by atoms with Crippen molar-refractivity contribution in [1.29, 1.82) is 0 Å². The summed E-state index contributed by atoms with van der Waals surface area (Å²) in [5.41, 5.74) is 0.792. The summed E-state index contributed by atoms with van der Waals surface area (Å²) in [6, 6.07) is 10.9. The van der Waals surface area contributed by atoms with Gasteiger partial charge in [0.1, 0.15) is 5.75 Å². The SMILES string of the molecule is COc1ccc(S(C)(=O)=O)cc1NC(=O)N(S)c1cccc2cnccc12. The van der Waals surface area contributed by atoms with Crippen LogP contribution in [0.15, 0.2) is 59.8 Å². The van der Waals surface area contributed by atoms with Crippen molar-refractivity contribution in [2.24, 2.45) is 0 Å². The average Bonchev–Trinajstić information content (AvgIpc) is 2.66. The van der Waals surface area contributed by atoms with Gasteiger partial charge in [0, 0.05) is 29.4 Å². The highest BCUT2D eigenvalue weighted by atomic mass is 32.2. The lowest BCUT2D eigenvalue weighted by atomic mass is 10.1. The molecule has 0 saturated carbocycles. The van der Waals surface area contributed by atoms with Gasteiger partial charge < -0.3 is 10.1 Å². The summed E-state index contributed by atoms with van der Waals surface area (Å²) in [6.45, 7) is 0. The lowest BCUT2D eigenvalue weighted by Crippen LogP contribution is -2.27. The number of sulfone groups is 1. The third kappa shape index (κ3) is 3.99. The van der Waals surface area contributed by atoms with Crippen LogP contribution in [0.4, 0.5) is 16.2 Å². The highest BCUT2D eigenvalue weighted by Crippen LogP contribution is 2.31. The van der Waals surface area contributed by atoms with Crippen molar-refractivity contribution < 1.29 is 17.9 Å². The number of amides is 2. The van der Waals surface area contributed by atoms with Gasteiger partial charge in [-0.05, 0) is 30.3 Å². The second-order valence-corrected chi connectivity index (χ2v) is 8.17. The van der Waals surface area contributed by atoms with Gasteiger partial charge in [-0.2, -0.15) is 0 Å². The van der Waals surface area contributed by atoms with Gasteiger partial charge in [-0.1, -0.05) is 24.9 Å². The highest BCUT2D eigenvalue weighted by Gasteiger charge is 2.18. The van der Waals surface area contributed by atoms with E-state index >= 15 is 0 Å². The molecule has 0 saturated heterocycles. The van der Waals surface area contributed by atoms with Crippen molar-refractivity contribution in [3.63, 3.8) is 0 Å². The number of thiol groups is 1. The maximum Gasteiger partial charge on any atom is 0.336 e. The fourth-order valence-corrected chi connectivity index (χ4v) is 3.45. The first-order valence-electron chi connectivity index (χ1n) is 7.82. The summed E-state index contributed by atoms with van der Waals surface area (Å²) in [6.07, 6.45) is 4.41. The molecule has 3 rings (SSSR count). The van der Waals surface area contributed by atoms with Crippen molar-refractivity contribution in [3.05, 3.63) is 54.9 Å². The van der Waals surface area contributed by atoms with Crippen molar-refractivity contribution >= 4 is 50.8 Å². The predicted octanol–water partition coefficient (Wildman–Crippen LogP) is 3.53. The van der Waals surface area contributed by atoms with E-state index in [0.29, 0.717) is 11.4 Å². The van der Waals surface area contributed by atoms with E-state index in [1.165, 1.54) is 25.3 Å². The van der Waals surface area contributed by atoms with Gasteiger partial charge in [-0.25, -0.2) is 17.5 Å². The highest BCUT2D eigenvalue weighted by molar-refractivity contribution is 7.90. The molecular formula is C18H17N3O4S2. The Morgan fingerprint density at radius 2 is 2.00 bits per heavy atom. The lowest BCUT2D eigenvalue weighted by molar-refractivity contribution is 0.260.